The Hall–Kier alpha value is -1.96. The van der Waals surface area contributed by atoms with E-state index in [9.17, 15) is 9.59 Å². The number of rotatable bonds is 7. The first-order chi connectivity index (χ1) is 10.1. The number of amides is 1. The minimum Gasteiger partial charge on any atom is -0.476 e. The zero-order valence-corrected chi connectivity index (χ0v) is 12.2. The molecule has 1 aromatic rings. The summed E-state index contributed by atoms with van der Waals surface area (Å²) >= 11 is 0. The Morgan fingerprint density at radius 3 is 2.81 bits per heavy atom. The first-order valence-corrected chi connectivity index (χ1v) is 7.16. The summed E-state index contributed by atoms with van der Waals surface area (Å²) in [6.07, 6.45) is 6.30. The highest BCUT2D eigenvalue weighted by molar-refractivity contribution is 5.84. The molecule has 1 saturated carbocycles. The molecule has 0 bridgehead atoms. The SMILES string of the molecule is CN(CCNC(=O)Cn1cc(C(=O)O)nn1)C1CCCC1. The number of hydrogen-bond donors (Lipinski definition) is 2. The van der Waals surface area contributed by atoms with Crippen LogP contribution in [0, 0.1) is 0 Å². The minimum atomic E-state index is -1.15. The van der Waals surface area contributed by atoms with Gasteiger partial charge in [-0.2, -0.15) is 0 Å². The van der Waals surface area contributed by atoms with Gasteiger partial charge in [0.25, 0.3) is 0 Å². The van der Waals surface area contributed by atoms with Crippen LogP contribution >= 0.6 is 0 Å². The molecule has 1 fully saturated rings. The van der Waals surface area contributed by atoms with Crippen molar-refractivity contribution >= 4 is 11.9 Å². The summed E-state index contributed by atoms with van der Waals surface area (Å²) in [6, 6.07) is 0.635. The Morgan fingerprint density at radius 1 is 1.48 bits per heavy atom. The van der Waals surface area contributed by atoms with Crippen molar-refractivity contribution in [2.75, 3.05) is 20.1 Å². The van der Waals surface area contributed by atoms with Gasteiger partial charge >= 0.3 is 5.97 Å². The van der Waals surface area contributed by atoms with E-state index in [2.05, 4.69) is 27.6 Å². The normalized spacial score (nSPS) is 15.5. The van der Waals surface area contributed by atoms with Crippen LogP contribution in [0.2, 0.25) is 0 Å². The standard InChI is InChI=1S/C13H21N5O3/c1-17(10-4-2-3-5-10)7-6-14-12(19)9-18-8-11(13(20)21)15-16-18/h8,10H,2-7,9H2,1H3,(H,14,19)(H,20,21). The second kappa shape index (κ2) is 7.16. The average molecular weight is 295 g/mol. The summed E-state index contributed by atoms with van der Waals surface area (Å²) in [6.45, 7) is 1.37. The van der Waals surface area contributed by atoms with Crippen LogP contribution in [0.15, 0.2) is 6.20 Å². The Kier molecular flexibility index (Phi) is 5.26. The average Bonchev–Trinajstić information content (AvgIpc) is 3.09. The van der Waals surface area contributed by atoms with Crippen LogP contribution in [0.3, 0.4) is 0 Å². The lowest BCUT2D eigenvalue weighted by Gasteiger charge is -2.23. The Labute approximate surface area is 123 Å². The van der Waals surface area contributed by atoms with Crippen LogP contribution in [-0.2, 0) is 11.3 Å². The van der Waals surface area contributed by atoms with Gasteiger partial charge in [0.15, 0.2) is 5.69 Å². The van der Waals surface area contributed by atoms with Gasteiger partial charge in [0.2, 0.25) is 5.91 Å². The number of hydrogen-bond acceptors (Lipinski definition) is 5. The van der Waals surface area contributed by atoms with Gasteiger partial charge in [-0.3, -0.25) is 4.79 Å². The van der Waals surface area contributed by atoms with Gasteiger partial charge in [0.05, 0.1) is 6.20 Å². The van der Waals surface area contributed by atoms with E-state index in [1.165, 1.54) is 36.6 Å². The smallest absolute Gasteiger partial charge is 0.358 e. The minimum absolute atomic E-state index is 0.0204. The van der Waals surface area contributed by atoms with Crippen molar-refractivity contribution in [2.45, 2.75) is 38.3 Å². The molecule has 0 radical (unpaired) electrons. The fraction of sp³-hybridized carbons (Fsp3) is 0.692. The van der Waals surface area contributed by atoms with Crippen molar-refractivity contribution in [3.8, 4) is 0 Å². The number of carbonyl (C=O) groups is 2. The zero-order chi connectivity index (χ0) is 15.2. The van der Waals surface area contributed by atoms with Gasteiger partial charge in [0, 0.05) is 19.1 Å². The molecule has 1 amide bonds. The molecule has 1 heterocycles. The topological polar surface area (TPSA) is 100 Å². The Morgan fingerprint density at radius 2 is 2.19 bits per heavy atom. The third-order valence-electron chi connectivity index (χ3n) is 3.80. The molecule has 0 unspecified atom stereocenters. The van der Waals surface area contributed by atoms with Crippen molar-refractivity contribution in [1.29, 1.82) is 0 Å². The summed E-state index contributed by atoms with van der Waals surface area (Å²) < 4.78 is 1.22. The van der Waals surface area contributed by atoms with E-state index in [1.54, 1.807) is 0 Å². The molecular weight excluding hydrogens is 274 g/mol. The second-order valence-corrected chi connectivity index (χ2v) is 5.38. The van der Waals surface area contributed by atoms with Gasteiger partial charge in [-0.1, -0.05) is 18.1 Å². The number of carbonyl (C=O) groups excluding carboxylic acids is 1. The number of nitrogens with one attached hydrogen (secondary N) is 1. The van der Waals surface area contributed by atoms with E-state index in [4.69, 9.17) is 5.11 Å². The van der Waals surface area contributed by atoms with E-state index < -0.39 is 5.97 Å². The summed E-state index contributed by atoms with van der Waals surface area (Å²) in [7, 11) is 2.08. The molecule has 1 aromatic heterocycles. The lowest BCUT2D eigenvalue weighted by molar-refractivity contribution is -0.121. The predicted molar refractivity (Wildman–Crippen MR) is 74.9 cm³/mol. The molecule has 0 spiro atoms. The van der Waals surface area contributed by atoms with Crippen molar-refractivity contribution in [3.63, 3.8) is 0 Å². The molecule has 2 rings (SSSR count). The second-order valence-electron chi connectivity index (χ2n) is 5.38. The summed E-state index contributed by atoms with van der Waals surface area (Å²) in [5.74, 6) is -1.35. The Bertz CT molecular complexity index is 496. The van der Waals surface area contributed by atoms with E-state index in [1.807, 2.05) is 0 Å². The van der Waals surface area contributed by atoms with Crippen molar-refractivity contribution in [1.82, 2.24) is 25.2 Å². The number of aromatic carboxylic acids is 1. The largest absolute Gasteiger partial charge is 0.476 e. The monoisotopic (exact) mass is 295 g/mol. The molecule has 1 aliphatic carbocycles. The third-order valence-corrected chi connectivity index (χ3v) is 3.80. The maximum absolute atomic E-state index is 11.7. The van der Waals surface area contributed by atoms with Gasteiger partial charge < -0.3 is 15.3 Å². The first-order valence-electron chi connectivity index (χ1n) is 7.16. The first kappa shape index (κ1) is 15.4. The van der Waals surface area contributed by atoms with Crippen LogP contribution < -0.4 is 5.32 Å². The van der Waals surface area contributed by atoms with Crippen molar-refractivity contribution < 1.29 is 14.7 Å². The molecule has 116 valence electrons. The molecular formula is C13H21N5O3. The maximum atomic E-state index is 11.7. The third kappa shape index (κ3) is 4.52. The van der Waals surface area contributed by atoms with Crippen molar-refractivity contribution in [2.24, 2.45) is 0 Å². The van der Waals surface area contributed by atoms with Gasteiger partial charge in [-0.15, -0.1) is 5.10 Å². The molecule has 2 N–H and O–H groups in total. The van der Waals surface area contributed by atoms with E-state index in [0.717, 1.165) is 6.54 Å². The molecule has 1 aliphatic rings. The molecule has 8 nitrogen and oxygen atoms in total. The zero-order valence-electron chi connectivity index (χ0n) is 12.2. The maximum Gasteiger partial charge on any atom is 0.358 e. The van der Waals surface area contributed by atoms with Gasteiger partial charge in [-0.05, 0) is 19.9 Å². The molecule has 0 saturated heterocycles. The van der Waals surface area contributed by atoms with Crippen LogP contribution in [0.25, 0.3) is 0 Å². The fourth-order valence-electron chi connectivity index (χ4n) is 2.58. The fourth-order valence-corrected chi connectivity index (χ4v) is 2.58. The summed E-state index contributed by atoms with van der Waals surface area (Å²) in [4.78, 5) is 24.7. The molecule has 0 aromatic carbocycles. The van der Waals surface area contributed by atoms with Crippen LogP contribution in [0.4, 0.5) is 0 Å². The molecule has 21 heavy (non-hydrogen) atoms. The van der Waals surface area contributed by atoms with E-state index in [0.29, 0.717) is 12.6 Å². The van der Waals surface area contributed by atoms with Crippen LogP contribution in [-0.4, -0.2) is 63.1 Å². The van der Waals surface area contributed by atoms with Gasteiger partial charge in [-0.25, -0.2) is 9.48 Å². The van der Waals surface area contributed by atoms with Crippen LogP contribution in [0.1, 0.15) is 36.2 Å². The number of aromatic nitrogens is 3. The highest BCUT2D eigenvalue weighted by atomic mass is 16.4. The highest BCUT2D eigenvalue weighted by Gasteiger charge is 2.19. The van der Waals surface area contributed by atoms with E-state index >= 15 is 0 Å². The molecule has 8 heteroatoms. The predicted octanol–water partition coefficient (Wildman–Crippen LogP) is -0.0331. The lowest BCUT2D eigenvalue weighted by Crippen LogP contribution is -2.38. The number of carboxylic acids is 1. The van der Waals surface area contributed by atoms with Crippen LogP contribution in [0.5, 0.6) is 0 Å². The number of carboxylic acid groups (broad SMARTS) is 1. The highest BCUT2D eigenvalue weighted by Crippen LogP contribution is 2.21. The number of nitrogens with zero attached hydrogens (tertiary/aromatic N) is 4. The molecule has 0 atom stereocenters. The van der Waals surface area contributed by atoms with E-state index in [-0.39, 0.29) is 18.1 Å². The number of likely N-dealkylation sites (N-methyl/N-ethyl adjacent to an activating group) is 1. The quantitative estimate of drug-likeness (QED) is 0.732. The van der Waals surface area contributed by atoms with Crippen molar-refractivity contribution in [3.05, 3.63) is 11.9 Å². The summed E-state index contributed by atoms with van der Waals surface area (Å²) in [5, 5.41) is 18.6. The summed E-state index contributed by atoms with van der Waals surface area (Å²) in [5.41, 5.74) is -0.163. The lowest BCUT2D eigenvalue weighted by atomic mass is 10.2. The Balaban J connectivity index is 1.68. The molecule has 0 aliphatic heterocycles. The van der Waals surface area contributed by atoms with Gasteiger partial charge in [0.1, 0.15) is 6.54 Å².